The number of piperidine rings is 1. The fourth-order valence-corrected chi connectivity index (χ4v) is 4.74. The number of likely N-dealkylation sites (tertiary alicyclic amines) is 1. The number of nitrogens with zero attached hydrogens (tertiary/aromatic N) is 5. The second-order valence-corrected chi connectivity index (χ2v) is 8.60. The maximum Gasteiger partial charge on any atom is 0.307 e. The number of carbonyl (C=O) groups is 2. The molecule has 2 aliphatic heterocycles. The van der Waals surface area contributed by atoms with Gasteiger partial charge in [-0.3, -0.25) is 14.5 Å². The Morgan fingerprint density at radius 3 is 2.59 bits per heavy atom. The summed E-state index contributed by atoms with van der Waals surface area (Å²) < 4.78 is 5.19. The smallest absolute Gasteiger partial charge is 0.307 e. The van der Waals surface area contributed by atoms with E-state index in [4.69, 9.17) is 14.7 Å². The van der Waals surface area contributed by atoms with Crippen LogP contribution < -0.4 is 4.90 Å². The number of rotatable bonds is 6. The highest BCUT2D eigenvalue weighted by atomic mass is 16.5. The number of hydrogen-bond donors (Lipinski definition) is 0. The molecule has 4 rings (SSSR count). The van der Waals surface area contributed by atoms with Gasteiger partial charge in [0.15, 0.2) is 0 Å². The number of para-hydroxylation sites is 1. The summed E-state index contributed by atoms with van der Waals surface area (Å²) in [5, 5.41) is 1.04. The molecule has 0 N–H and O–H groups in total. The number of carbonyl (C=O) groups excluding carboxylic acids is 2. The molecule has 0 bridgehead atoms. The Bertz CT molecular complexity index is 958. The molecule has 1 atom stereocenters. The molecule has 0 radical (unpaired) electrons. The third-order valence-electron chi connectivity index (χ3n) is 6.46. The Balaban J connectivity index is 1.56. The number of hydrogen-bond acceptors (Lipinski definition) is 7. The molecule has 3 heterocycles. The number of piperazine rings is 1. The van der Waals surface area contributed by atoms with Gasteiger partial charge in [-0.2, -0.15) is 0 Å². The van der Waals surface area contributed by atoms with E-state index in [0.29, 0.717) is 32.7 Å². The predicted octanol–water partition coefficient (Wildman–Crippen LogP) is 2.61. The van der Waals surface area contributed by atoms with Gasteiger partial charge in [0.1, 0.15) is 11.6 Å². The third kappa shape index (κ3) is 5.18. The number of ether oxygens (including phenoxy) is 1. The van der Waals surface area contributed by atoms with Crippen molar-refractivity contribution in [3.8, 4) is 0 Å². The predicted molar refractivity (Wildman–Crippen MR) is 123 cm³/mol. The molecule has 2 aromatic rings. The van der Waals surface area contributed by atoms with E-state index < -0.39 is 0 Å². The van der Waals surface area contributed by atoms with Gasteiger partial charge in [-0.25, -0.2) is 9.97 Å². The molecule has 0 saturated carbocycles. The maximum atomic E-state index is 12.1. The Hall–Kier alpha value is -2.74. The molecule has 1 aromatic carbocycles. The van der Waals surface area contributed by atoms with Crippen LogP contribution in [-0.4, -0.2) is 77.0 Å². The summed E-state index contributed by atoms with van der Waals surface area (Å²) in [7, 11) is 0. The van der Waals surface area contributed by atoms with E-state index in [9.17, 15) is 9.59 Å². The number of fused-ring (bicyclic) bond motifs is 1. The first-order valence-corrected chi connectivity index (χ1v) is 11.7. The quantitative estimate of drug-likeness (QED) is 0.640. The van der Waals surface area contributed by atoms with Crippen molar-refractivity contribution in [2.45, 2.75) is 52.1 Å². The summed E-state index contributed by atoms with van der Waals surface area (Å²) >= 11 is 0. The van der Waals surface area contributed by atoms with E-state index in [2.05, 4.69) is 15.9 Å². The van der Waals surface area contributed by atoms with Crippen LogP contribution in [0, 0.1) is 0 Å². The van der Waals surface area contributed by atoms with Gasteiger partial charge in [-0.15, -0.1) is 0 Å². The molecular formula is C24H33N5O3. The first-order valence-electron chi connectivity index (χ1n) is 11.7. The lowest BCUT2D eigenvalue weighted by atomic mass is 9.99. The lowest BCUT2D eigenvalue weighted by molar-refractivity contribution is -0.145. The molecule has 2 aliphatic rings. The van der Waals surface area contributed by atoms with E-state index in [1.165, 1.54) is 0 Å². The Kier molecular flexibility index (Phi) is 7.19. The van der Waals surface area contributed by atoms with Gasteiger partial charge in [-0.05, 0) is 38.4 Å². The summed E-state index contributed by atoms with van der Waals surface area (Å²) in [5.74, 6) is 1.71. The minimum Gasteiger partial charge on any atom is -0.466 e. The highest BCUT2D eigenvalue weighted by molar-refractivity contribution is 5.89. The highest BCUT2D eigenvalue weighted by Gasteiger charge is 2.27. The van der Waals surface area contributed by atoms with Crippen molar-refractivity contribution in [1.29, 1.82) is 0 Å². The Morgan fingerprint density at radius 2 is 1.84 bits per heavy atom. The van der Waals surface area contributed by atoms with Gasteiger partial charge in [-0.1, -0.05) is 18.6 Å². The van der Waals surface area contributed by atoms with Gasteiger partial charge in [0, 0.05) is 44.5 Å². The lowest BCUT2D eigenvalue weighted by Gasteiger charge is -2.36. The van der Waals surface area contributed by atoms with Crippen LogP contribution >= 0.6 is 0 Å². The van der Waals surface area contributed by atoms with Crippen LogP contribution in [0.2, 0.25) is 0 Å². The average molecular weight is 440 g/mol. The summed E-state index contributed by atoms with van der Waals surface area (Å²) in [6.45, 7) is 8.37. The summed E-state index contributed by atoms with van der Waals surface area (Å²) in [4.78, 5) is 40.2. The molecule has 8 heteroatoms. The normalized spacial score (nSPS) is 19.9. The van der Waals surface area contributed by atoms with Crippen molar-refractivity contribution < 1.29 is 14.3 Å². The molecule has 1 unspecified atom stereocenters. The van der Waals surface area contributed by atoms with Crippen molar-refractivity contribution in [3.63, 3.8) is 0 Å². The van der Waals surface area contributed by atoms with E-state index in [0.717, 1.165) is 61.4 Å². The summed E-state index contributed by atoms with van der Waals surface area (Å²) in [6, 6.07) is 8.28. The highest BCUT2D eigenvalue weighted by Crippen LogP contribution is 2.27. The van der Waals surface area contributed by atoms with Crippen LogP contribution in [0.3, 0.4) is 0 Å². The summed E-state index contributed by atoms with van der Waals surface area (Å²) in [6.07, 6.45) is 3.66. The van der Waals surface area contributed by atoms with Crippen molar-refractivity contribution in [1.82, 2.24) is 19.8 Å². The van der Waals surface area contributed by atoms with Crippen LogP contribution in [-0.2, 0) is 20.9 Å². The molecule has 0 aliphatic carbocycles. The number of anilines is 1. The first-order chi connectivity index (χ1) is 15.5. The molecule has 32 heavy (non-hydrogen) atoms. The zero-order valence-corrected chi connectivity index (χ0v) is 19.1. The molecule has 8 nitrogen and oxygen atoms in total. The lowest BCUT2D eigenvalue weighted by Crippen LogP contribution is -2.48. The van der Waals surface area contributed by atoms with Crippen LogP contribution in [0.4, 0.5) is 5.82 Å². The van der Waals surface area contributed by atoms with Crippen molar-refractivity contribution in [3.05, 3.63) is 30.1 Å². The molecular weight excluding hydrogens is 406 g/mol. The standard InChI is InChI=1S/C24H33N5O3/c1-3-32-23(31)16-19-8-6-7-11-29(19)17-22-25-21-10-5-4-9-20(21)24(26-22)28-14-12-27(13-15-28)18(2)30/h4-5,9-10,19H,3,6-8,11-17H2,1-2H3. The molecule has 2 fully saturated rings. The minimum atomic E-state index is -0.132. The number of benzene rings is 1. The van der Waals surface area contributed by atoms with Crippen LogP contribution in [0.1, 0.15) is 45.4 Å². The maximum absolute atomic E-state index is 12.1. The van der Waals surface area contributed by atoms with Gasteiger partial charge in [0.05, 0.1) is 25.1 Å². The van der Waals surface area contributed by atoms with Gasteiger partial charge < -0.3 is 14.5 Å². The molecule has 2 saturated heterocycles. The van der Waals surface area contributed by atoms with E-state index in [-0.39, 0.29) is 17.9 Å². The van der Waals surface area contributed by atoms with Crippen molar-refractivity contribution in [2.24, 2.45) is 0 Å². The number of aromatic nitrogens is 2. The topological polar surface area (TPSA) is 78.9 Å². The fourth-order valence-electron chi connectivity index (χ4n) is 4.74. The van der Waals surface area contributed by atoms with Gasteiger partial charge in [0.2, 0.25) is 5.91 Å². The molecule has 172 valence electrons. The first kappa shape index (κ1) is 22.5. The number of esters is 1. The van der Waals surface area contributed by atoms with Crippen LogP contribution in [0.5, 0.6) is 0 Å². The van der Waals surface area contributed by atoms with Crippen LogP contribution in [0.25, 0.3) is 10.9 Å². The molecule has 1 amide bonds. The molecule has 1 aromatic heterocycles. The van der Waals surface area contributed by atoms with E-state index in [1.807, 2.05) is 30.0 Å². The monoisotopic (exact) mass is 439 g/mol. The van der Waals surface area contributed by atoms with Crippen molar-refractivity contribution >= 4 is 28.6 Å². The Labute approximate surface area is 189 Å². The van der Waals surface area contributed by atoms with E-state index in [1.54, 1.807) is 6.92 Å². The number of amides is 1. The zero-order chi connectivity index (χ0) is 22.5. The zero-order valence-electron chi connectivity index (χ0n) is 19.1. The second kappa shape index (κ2) is 10.3. The Morgan fingerprint density at radius 1 is 1.06 bits per heavy atom. The minimum absolute atomic E-state index is 0.121. The van der Waals surface area contributed by atoms with E-state index >= 15 is 0 Å². The summed E-state index contributed by atoms with van der Waals surface area (Å²) in [5.41, 5.74) is 0.931. The fraction of sp³-hybridized carbons (Fsp3) is 0.583. The third-order valence-corrected chi connectivity index (χ3v) is 6.46. The largest absolute Gasteiger partial charge is 0.466 e. The second-order valence-electron chi connectivity index (χ2n) is 8.60. The van der Waals surface area contributed by atoms with Gasteiger partial charge in [0.25, 0.3) is 0 Å². The van der Waals surface area contributed by atoms with Gasteiger partial charge >= 0.3 is 5.97 Å². The SMILES string of the molecule is CCOC(=O)CC1CCCCN1Cc1nc(N2CCN(C(C)=O)CC2)c2ccccc2n1. The van der Waals surface area contributed by atoms with Crippen molar-refractivity contribution in [2.75, 3.05) is 44.2 Å². The average Bonchev–Trinajstić information content (AvgIpc) is 2.80. The van der Waals surface area contributed by atoms with Crippen LogP contribution in [0.15, 0.2) is 24.3 Å². The molecule has 0 spiro atoms.